The molecule has 0 unspecified atom stereocenters. The summed E-state index contributed by atoms with van der Waals surface area (Å²) in [7, 11) is 0. The van der Waals surface area contributed by atoms with Gasteiger partial charge in [-0.1, -0.05) is 116 Å². The van der Waals surface area contributed by atoms with Crippen LogP contribution in [0.5, 0.6) is 0 Å². The molecule has 2 amide bonds. The van der Waals surface area contributed by atoms with Crippen molar-refractivity contribution in [2.45, 2.75) is 155 Å². The molecule has 0 rings (SSSR count). The van der Waals surface area contributed by atoms with Gasteiger partial charge in [0.15, 0.2) is 0 Å². The molecule has 0 spiro atoms. The summed E-state index contributed by atoms with van der Waals surface area (Å²) in [6, 6.07) is 0. The van der Waals surface area contributed by atoms with E-state index in [1.54, 1.807) is 0 Å². The number of carbonyl (C=O) groups is 2. The van der Waals surface area contributed by atoms with Crippen molar-refractivity contribution in [3.05, 3.63) is 0 Å². The molecule has 0 aromatic carbocycles. The van der Waals surface area contributed by atoms with Gasteiger partial charge in [0, 0.05) is 25.9 Å². The molecule has 0 saturated heterocycles. The largest absolute Gasteiger partial charge is 0.450 e. The molecular weight excluding hydrogens is 500 g/mol. The highest BCUT2D eigenvalue weighted by Crippen LogP contribution is 2.09. The van der Waals surface area contributed by atoms with Crippen LogP contribution in [-0.4, -0.2) is 38.5 Å². The maximum absolute atomic E-state index is 11.7. The molecule has 0 aromatic heterocycles. The Kier molecular flexibility index (Phi) is 30.9. The van der Waals surface area contributed by atoms with Crippen molar-refractivity contribution < 1.29 is 19.1 Å². The van der Waals surface area contributed by atoms with Gasteiger partial charge in [-0.15, -0.1) is 0 Å². The van der Waals surface area contributed by atoms with Crippen LogP contribution in [0.25, 0.3) is 0 Å². The van der Waals surface area contributed by atoms with Gasteiger partial charge in [0.2, 0.25) is 0 Å². The summed E-state index contributed by atoms with van der Waals surface area (Å²) >= 11 is 0. The number of hydrogen-bond acceptors (Lipinski definition) is 4. The number of carbonyl (C=O) groups excluding carboxylic acids is 2. The zero-order chi connectivity index (χ0) is 29.2. The van der Waals surface area contributed by atoms with Gasteiger partial charge in [-0.25, -0.2) is 9.59 Å². The molecule has 0 bridgehead atoms. The van der Waals surface area contributed by atoms with E-state index in [1.807, 2.05) is 0 Å². The van der Waals surface area contributed by atoms with Crippen LogP contribution in [0.4, 0.5) is 9.59 Å². The third kappa shape index (κ3) is 31.9. The van der Waals surface area contributed by atoms with Gasteiger partial charge in [-0.05, 0) is 50.4 Å². The Hall–Kier alpha value is -2.34. The van der Waals surface area contributed by atoms with Gasteiger partial charge in [0.1, 0.15) is 0 Å². The fraction of sp³-hybridized carbons (Fsp3) is 0.824. The van der Waals surface area contributed by atoms with E-state index in [4.69, 9.17) is 9.47 Å². The summed E-state index contributed by atoms with van der Waals surface area (Å²) in [6.07, 6.45) is 24.3. The molecule has 0 aliphatic rings. The summed E-state index contributed by atoms with van der Waals surface area (Å²) in [5, 5.41) is 5.66. The van der Waals surface area contributed by atoms with Crippen LogP contribution in [0.15, 0.2) is 0 Å². The van der Waals surface area contributed by atoms with E-state index in [1.165, 1.54) is 89.9 Å². The van der Waals surface area contributed by atoms with Crippen molar-refractivity contribution >= 4 is 12.2 Å². The topological polar surface area (TPSA) is 76.7 Å². The summed E-state index contributed by atoms with van der Waals surface area (Å²) in [5.74, 6) is 11.8. The molecule has 0 atom stereocenters. The number of hydrogen-bond donors (Lipinski definition) is 2. The normalized spacial score (nSPS) is 10.2. The van der Waals surface area contributed by atoms with Gasteiger partial charge in [-0.2, -0.15) is 0 Å². The first kappa shape index (κ1) is 37.7. The van der Waals surface area contributed by atoms with Crippen LogP contribution in [0.1, 0.15) is 155 Å². The molecule has 0 saturated carbocycles. The van der Waals surface area contributed by atoms with Crippen LogP contribution in [-0.2, 0) is 9.47 Å². The van der Waals surface area contributed by atoms with E-state index < -0.39 is 0 Å². The van der Waals surface area contributed by atoms with Crippen LogP contribution >= 0.6 is 0 Å². The maximum Gasteiger partial charge on any atom is 0.407 e. The second kappa shape index (κ2) is 32.9. The van der Waals surface area contributed by atoms with Gasteiger partial charge in [-0.3, -0.25) is 0 Å². The van der Waals surface area contributed by atoms with E-state index in [2.05, 4.69) is 48.2 Å². The monoisotopic (exact) mass is 560 g/mol. The Labute approximate surface area is 246 Å². The minimum atomic E-state index is -0.315. The molecule has 0 aliphatic carbocycles. The van der Waals surface area contributed by atoms with Crippen LogP contribution in [0.2, 0.25) is 0 Å². The van der Waals surface area contributed by atoms with Crippen molar-refractivity contribution in [3.63, 3.8) is 0 Å². The number of rotatable bonds is 26. The quantitative estimate of drug-likeness (QED) is 0.0817. The summed E-state index contributed by atoms with van der Waals surface area (Å²) in [6.45, 7) is 6.71. The Morgan fingerprint density at radius 1 is 0.475 bits per heavy atom. The van der Waals surface area contributed by atoms with Gasteiger partial charge >= 0.3 is 12.2 Å². The minimum Gasteiger partial charge on any atom is -0.450 e. The minimum absolute atomic E-state index is 0.315. The van der Waals surface area contributed by atoms with Crippen LogP contribution in [0, 0.1) is 23.7 Å². The van der Waals surface area contributed by atoms with Crippen molar-refractivity contribution in [1.82, 2.24) is 10.6 Å². The van der Waals surface area contributed by atoms with Crippen molar-refractivity contribution in [3.8, 4) is 23.7 Å². The average molecular weight is 561 g/mol. The molecule has 6 heteroatoms. The lowest BCUT2D eigenvalue weighted by molar-refractivity contribution is 0.143. The molecular formula is C34H60N2O4. The molecule has 230 valence electrons. The second-order valence-electron chi connectivity index (χ2n) is 10.6. The predicted octanol–water partition coefficient (Wildman–Crippen LogP) is 9.07. The average Bonchev–Trinajstić information content (AvgIpc) is 2.95. The molecule has 6 nitrogen and oxygen atoms in total. The first-order valence-electron chi connectivity index (χ1n) is 16.5. The summed E-state index contributed by atoms with van der Waals surface area (Å²) < 4.78 is 10.4. The Morgan fingerprint density at radius 2 is 0.825 bits per heavy atom. The van der Waals surface area contributed by atoms with Crippen LogP contribution < -0.4 is 10.6 Å². The number of amides is 2. The third-order valence-electron chi connectivity index (χ3n) is 6.70. The lowest BCUT2D eigenvalue weighted by Gasteiger charge is -2.06. The molecule has 0 aromatic rings. The lowest BCUT2D eigenvalue weighted by atomic mass is 10.1. The first-order chi connectivity index (χ1) is 19.7. The van der Waals surface area contributed by atoms with E-state index in [-0.39, 0.29) is 12.2 Å². The van der Waals surface area contributed by atoms with Gasteiger partial charge < -0.3 is 20.1 Å². The molecule has 0 radical (unpaired) electrons. The standard InChI is InChI=1S/C34H60N2O4/c1-3-5-7-9-11-17-21-25-29-35-33(37)39-31-27-23-19-15-13-14-16-20-24-28-32-40-34(38)36-30-26-22-18-12-10-8-6-4-2/h3-12,17-32H2,1-2H3,(H,35,37)(H,36,38). The van der Waals surface area contributed by atoms with Crippen molar-refractivity contribution in [2.24, 2.45) is 0 Å². The van der Waals surface area contributed by atoms with Gasteiger partial charge in [0.05, 0.1) is 13.2 Å². The number of ether oxygens (including phenoxy) is 2. The third-order valence-corrected chi connectivity index (χ3v) is 6.70. The van der Waals surface area contributed by atoms with E-state index in [9.17, 15) is 9.59 Å². The zero-order valence-corrected chi connectivity index (χ0v) is 26.0. The Bertz CT molecular complexity index is 642. The number of nitrogens with one attached hydrogen (secondary N) is 2. The van der Waals surface area contributed by atoms with Crippen LogP contribution in [0.3, 0.4) is 0 Å². The lowest BCUT2D eigenvalue weighted by Crippen LogP contribution is -2.25. The molecule has 0 aliphatic heterocycles. The van der Waals surface area contributed by atoms with E-state index >= 15 is 0 Å². The van der Waals surface area contributed by atoms with Gasteiger partial charge in [0.25, 0.3) is 0 Å². The Morgan fingerprint density at radius 3 is 1.20 bits per heavy atom. The maximum atomic E-state index is 11.7. The fourth-order valence-electron chi connectivity index (χ4n) is 4.17. The SMILES string of the molecule is CCCCCCCCCCNC(=O)OCCCCC#CC#CCCCCOC(=O)NCCCCCCCCCC. The highest BCUT2D eigenvalue weighted by molar-refractivity contribution is 5.67. The first-order valence-corrected chi connectivity index (χ1v) is 16.5. The zero-order valence-electron chi connectivity index (χ0n) is 26.0. The second-order valence-corrected chi connectivity index (χ2v) is 10.6. The molecule has 40 heavy (non-hydrogen) atoms. The number of unbranched alkanes of at least 4 members (excludes halogenated alkanes) is 18. The highest BCUT2D eigenvalue weighted by atomic mass is 16.6. The molecule has 0 fully saturated rings. The summed E-state index contributed by atoms with van der Waals surface area (Å²) in [5.41, 5.74) is 0. The van der Waals surface area contributed by atoms with Crippen molar-refractivity contribution in [2.75, 3.05) is 26.3 Å². The number of alkyl carbamates (subject to hydrolysis) is 2. The molecule has 0 heterocycles. The highest BCUT2D eigenvalue weighted by Gasteiger charge is 2.01. The van der Waals surface area contributed by atoms with E-state index in [0.29, 0.717) is 26.3 Å². The Balaban J connectivity index is 3.41. The fourth-order valence-corrected chi connectivity index (χ4v) is 4.17. The summed E-state index contributed by atoms with van der Waals surface area (Å²) in [4.78, 5) is 23.4. The van der Waals surface area contributed by atoms with E-state index in [0.717, 1.165) is 51.4 Å². The van der Waals surface area contributed by atoms with Crippen molar-refractivity contribution in [1.29, 1.82) is 0 Å². The smallest absolute Gasteiger partial charge is 0.407 e. The predicted molar refractivity (Wildman–Crippen MR) is 167 cm³/mol. The molecule has 2 N–H and O–H groups in total.